The van der Waals surface area contributed by atoms with E-state index in [0.29, 0.717) is 16.5 Å². The largest absolute Gasteiger partial charge is 0.375 e. The number of non-ortho nitro benzene ring substituents is 1. The monoisotopic (exact) mass is 383 g/mol. The number of nitrogens with zero attached hydrogens (tertiary/aromatic N) is 3. The molecule has 0 saturated heterocycles. The molecule has 0 amide bonds. The Morgan fingerprint density at radius 3 is 2.29 bits per heavy atom. The molecule has 3 N–H and O–H groups in total. The van der Waals surface area contributed by atoms with Gasteiger partial charge in [0.25, 0.3) is 15.7 Å². The number of hydrogen-bond donors (Lipinski definition) is 2. The molecular formula is C12H9N5O4S3. The van der Waals surface area contributed by atoms with Crippen LogP contribution in [0, 0.1) is 10.1 Å². The first-order valence-corrected chi connectivity index (χ1v) is 9.53. The van der Waals surface area contributed by atoms with Gasteiger partial charge in [-0.15, -0.1) is 22.7 Å². The highest BCUT2D eigenvalue weighted by atomic mass is 32.2. The minimum absolute atomic E-state index is 0.0947. The van der Waals surface area contributed by atoms with Gasteiger partial charge >= 0.3 is 0 Å². The van der Waals surface area contributed by atoms with Crippen molar-refractivity contribution in [2.24, 2.45) is 0 Å². The van der Waals surface area contributed by atoms with Crippen LogP contribution in [-0.4, -0.2) is 23.3 Å². The van der Waals surface area contributed by atoms with Gasteiger partial charge in [0.1, 0.15) is 11.4 Å². The number of rotatable bonds is 5. The summed E-state index contributed by atoms with van der Waals surface area (Å²) in [7, 11) is -3.89. The van der Waals surface area contributed by atoms with Crippen molar-refractivity contribution in [1.29, 1.82) is 0 Å². The molecular weight excluding hydrogens is 374 g/mol. The fraction of sp³-hybridized carbons (Fsp3) is 0. The average molecular weight is 383 g/mol. The molecule has 3 rings (SSSR count). The van der Waals surface area contributed by atoms with Crippen molar-refractivity contribution in [2.45, 2.75) is 4.90 Å². The highest BCUT2D eigenvalue weighted by Gasteiger charge is 2.18. The van der Waals surface area contributed by atoms with Gasteiger partial charge in [-0.05, 0) is 12.1 Å². The molecule has 0 radical (unpaired) electrons. The standard InChI is InChI=1S/C12H9N5O4S3/c13-11-14-9(5-22-11)10-6-23-12(15-10)16-24(20,21)8-3-1-7(2-4-8)17(18)19/h1-6H,(H2,13,14)(H,15,16). The summed E-state index contributed by atoms with van der Waals surface area (Å²) in [6.45, 7) is 0. The zero-order chi connectivity index (χ0) is 17.3. The van der Waals surface area contributed by atoms with E-state index in [1.165, 1.54) is 11.3 Å². The van der Waals surface area contributed by atoms with Gasteiger partial charge < -0.3 is 5.73 Å². The van der Waals surface area contributed by atoms with Crippen LogP contribution in [0.1, 0.15) is 0 Å². The second kappa shape index (κ2) is 6.14. The number of anilines is 2. The molecule has 1 aromatic carbocycles. The highest BCUT2D eigenvalue weighted by Crippen LogP contribution is 2.28. The van der Waals surface area contributed by atoms with Gasteiger partial charge in [0.2, 0.25) is 0 Å². The van der Waals surface area contributed by atoms with Crippen molar-refractivity contribution in [1.82, 2.24) is 9.97 Å². The molecule has 2 aromatic heterocycles. The molecule has 0 fully saturated rings. The molecule has 0 aliphatic carbocycles. The van der Waals surface area contributed by atoms with Gasteiger partial charge in [-0.1, -0.05) is 0 Å². The number of sulfonamides is 1. The maximum atomic E-state index is 12.3. The second-order valence-corrected chi connectivity index (χ2v) is 7.90. The van der Waals surface area contributed by atoms with Crippen LogP contribution < -0.4 is 10.5 Å². The Labute approximate surface area is 144 Å². The van der Waals surface area contributed by atoms with Crippen molar-refractivity contribution in [3.05, 3.63) is 45.1 Å². The van der Waals surface area contributed by atoms with Crippen LogP contribution >= 0.6 is 22.7 Å². The lowest BCUT2D eigenvalue weighted by molar-refractivity contribution is -0.384. The molecule has 0 saturated carbocycles. The number of aromatic nitrogens is 2. The quantitative estimate of drug-likeness (QED) is 0.509. The molecule has 0 unspecified atom stereocenters. The average Bonchev–Trinajstić information content (AvgIpc) is 3.16. The summed E-state index contributed by atoms with van der Waals surface area (Å²) in [4.78, 5) is 18.1. The van der Waals surface area contributed by atoms with Crippen molar-refractivity contribution in [3.8, 4) is 11.4 Å². The van der Waals surface area contributed by atoms with Crippen LogP contribution in [-0.2, 0) is 10.0 Å². The summed E-state index contributed by atoms with van der Waals surface area (Å²) in [5.74, 6) is 0. The van der Waals surface area contributed by atoms with E-state index in [9.17, 15) is 18.5 Å². The van der Waals surface area contributed by atoms with E-state index < -0.39 is 14.9 Å². The van der Waals surface area contributed by atoms with E-state index in [1.54, 1.807) is 10.8 Å². The van der Waals surface area contributed by atoms with Crippen LogP contribution in [0.25, 0.3) is 11.4 Å². The molecule has 124 valence electrons. The summed E-state index contributed by atoms with van der Waals surface area (Å²) in [6, 6.07) is 4.58. The summed E-state index contributed by atoms with van der Waals surface area (Å²) >= 11 is 2.36. The van der Waals surface area contributed by atoms with Crippen LogP contribution in [0.4, 0.5) is 16.0 Å². The van der Waals surface area contributed by atoms with E-state index >= 15 is 0 Å². The maximum Gasteiger partial charge on any atom is 0.269 e. The van der Waals surface area contributed by atoms with Gasteiger partial charge in [0, 0.05) is 22.9 Å². The van der Waals surface area contributed by atoms with Crippen molar-refractivity contribution < 1.29 is 13.3 Å². The first kappa shape index (κ1) is 16.3. The van der Waals surface area contributed by atoms with Crippen molar-refractivity contribution in [2.75, 3.05) is 10.5 Å². The topological polar surface area (TPSA) is 141 Å². The summed E-state index contributed by atoms with van der Waals surface area (Å²) < 4.78 is 26.9. The Hall–Kier alpha value is -2.57. The van der Waals surface area contributed by atoms with Gasteiger partial charge in [-0.2, -0.15) is 0 Å². The Morgan fingerprint density at radius 1 is 1.08 bits per heavy atom. The Kier molecular flexibility index (Phi) is 4.17. The van der Waals surface area contributed by atoms with E-state index in [4.69, 9.17) is 5.73 Å². The Balaban J connectivity index is 1.82. The molecule has 24 heavy (non-hydrogen) atoms. The minimum atomic E-state index is -3.89. The molecule has 2 heterocycles. The lowest BCUT2D eigenvalue weighted by Gasteiger charge is -2.04. The summed E-state index contributed by atoms with van der Waals surface area (Å²) in [5, 5.41) is 14.5. The van der Waals surface area contributed by atoms with Gasteiger partial charge in [0.05, 0.1) is 9.82 Å². The maximum absolute atomic E-state index is 12.3. The molecule has 12 heteroatoms. The number of thiazole rings is 2. The SMILES string of the molecule is Nc1nc(-c2csc(NS(=O)(=O)c3ccc([N+](=O)[O-])cc3)n2)cs1. The van der Waals surface area contributed by atoms with E-state index in [-0.39, 0.29) is 15.7 Å². The normalized spacial score (nSPS) is 11.3. The third kappa shape index (κ3) is 3.34. The van der Waals surface area contributed by atoms with Crippen LogP contribution in [0.3, 0.4) is 0 Å². The lowest BCUT2D eigenvalue weighted by Crippen LogP contribution is -2.12. The number of nitro benzene ring substituents is 1. The first-order chi connectivity index (χ1) is 11.3. The third-order valence-electron chi connectivity index (χ3n) is 2.87. The molecule has 0 aliphatic rings. The van der Waals surface area contributed by atoms with E-state index in [2.05, 4.69) is 14.7 Å². The first-order valence-electron chi connectivity index (χ1n) is 6.29. The Morgan fingerprint density at radius 2 is 1.71 bits per heavy atom. The summed E-state index contributed by atoms with van der Waals surface area (Å²) in [6.07, 6.45) is 0. The predicted molar refractivity (Wildman–Crippen MR) is 91.5 cm³/mol. The second-order valence-electron chi connectivity index (χ2n) is 4.47. The molecule has 0 bridgehead atoms. The predicted octanol–water partition coefficient (Wildman–Crippen LogP) is 2.56. The van der Waals surface area contributed by atoms with Crippen LogP contribution in [0.15, 0.2) is 39.9 Å². The number of nitrogens with one attached hydrogen (secondary N) is 1. The lowest BCUT2D eigenvalue weighted by atomic mass is 10.3. The molecule has 0 spiro atoms. The van der Waals surface area contributed by atoms with E-state index in [1.807, 2.05) is 0 Å². The van der Waals surface area contributed by atoms with E-state index in [0.717, 1.165) is 35.6 Å². The fourth-order valence-corrected chi connectivity index (χ4v) is 4.28. The van der Waals surface area contributed by atoms with Gasteiger partial charge in [-0.3, -0.25) is 14.8 Å². The van der Waals surface area contributed by atoms with Crippen molar-refractivity contribution in [3.63, 3.8) is 0 Å². The number of nitro groups is 1. The van der Waals surface area contributed by atoms with Crippen LogP contribution in [0.5, 0.6) is 0 Å². The molecule has 0 aliphatic heterocycles. The molecule has 9 nitrogen and oxygen atoms in total. The third-order valence-corrected chi connectivity index (χ3v) is 5.78. The minimum Gasteiger partial charge on any atom is -0.375 e. The molecule has 3 aromatic rings. The number of hydrogen-bond acceptors (Lipinski definition) is 9. The number of nitrogen functional groups attached to an aromatic ring is 1. The van der Waals surface area contributed by atoms with Gasteiger partial charge in [-0.25, -0.2) is 18.4 Å². The highest BCUT2D eigenvalue weighted by molar-refractivity contribution is 7.93. The molecule has 0 atom stereocenters. The Bertz CT molecular complexity index is 994. The van der Waals surface area contributed by atoms with Crippen molar-refractivity contribution >= 4 is 48.6 Å². The number of benzene rings is 1. The number of nitrogens with two attached hydrogens (primary N) is 1. The summed E-state index contributed by atoms with van der Waals surface area (Å²) in [5.41, 5.74) is 6.44. The zero-order valence-corrected chi connectivity index (χ0v) is 14.2. The van der Waals surface area contributed by atoms with Gasteiger partial charge in [0.15, 0.2) is 10.3 Å². The zero-order valence-electron chi connectivity index (χ0n) is 11.7. The fourth-order valence-electron chi connectivity index (χ4n) is 1.76. The smallest absolute Gasteiger partial charge is 0.269 e. The van der Waals surface area contributed by atoms with Crippen LogP contribution in [0.2, 0.25) is 0 Å².